The summed E-state index contributed by atoms with van der Waals surface area (Å²) < 4.78 is 11.0. The summed E-state index contributed by atoms with van der Waals surface area (Å²) in [7, 11) is 1.68. The molecule has 1 aliphatic rings. The number of hydrogen-bond donors (Lipinski definition) is 1. The van der Waals surface area contributed by atoms with Gasteiger partial charge in [-0.2, -0.15) is 0 Å². The highest BCUT2D eigenvalue weighted by Crippen LogP contribution is 2.27. The van der Waals surface area contributed by atoms with Crippen LogP contribution in [0.15, 0.2) is 35.3 Å². The van der Waals surface area contributed by atoms with E-state index in [-0.39, 0.29) is 23.7 Å². The fourth-order valence-electron chi connectivity index (χ4n) is 3.09. The standard InChI is InChI=1S/C17H21N3O4/c1-11-15(19-10-23-11)17(22)20(2)13-6-3-7-14(16(13)21)24-12-5-4-8-18-9-12/h4-5,8-10,13-14,16,21H,3,6-7H2,1-2H3/t13-,14-,16-/m1/s1. The zero-order chi connectivity index (χ0) is 17.1. The summed E-state index contributed by atoms with van der Waals surface area (Å²) >= 11 is 0. The molecule has 3 atom stereocenters. The number of amides is 1. The molecule has 2 heterocycles. The molecule has 7 heteroatoms. The largest absolute Gasteiger partial charge is 0.486 e. The van der Waals surface area contributed by atoms with Gasteiger partial charge in [-0.05, 0) is 38.3 Å². The van der Waals surface area contributed by atoms with Crippen molar-refractivity contribution in [2.45, 2.75) is 44.4 Å². The van der Waals surface area contributed by atoms with Crippen LogP contribution in [-0.2, 0) is 0 Å². The summed E-state index contributed by atoms with van der Waals surface area (Å²) in [4.78, 5) is 22.1. The van der Waals surface area contributed by atoms with Crippen LogP contribution in [0.1, 0.15) is 35.5 Å². The molecule has 0 aromatic carbocycles. The van der Waals surface area contributed by atoms with Gasteiger partial charge in [0.25, 0.3) is 5.91 Å². The maximum Gasteiger partial charge on any atom is 0.276 e. The Bertz CT molecular complexity index is 688. The number of hydrogen-bond acceptors (Lipinski definition) is 6. The smallest absolute Gasteiger partial charge is 0.276 e. The van der Waals surface area contributed by atoms with Crippen LogP contribution in [-0.4, -0.2) is 51.2 Å². The number of aryl methyl sites for hydroxylation is 1. The zero-order valence-corrected chi connectivity index (χ0v) is 13.8. The van der Waals surface area contributed by atoms with Gasteiger partial charge in [0, 0.05) is 13.2 Å². The van der Waals surface area contributed by atoms with Gasteiger partial charge in [0.15, 0.2) is 12.1 Å². The van der Waals surface area contributed by atoms with Crippen molar-refractivity contribution in [1.82, 2.24) is 14.9 Å². The van der Waals surface area contributed by atoms with Gasteiger partial charge in [0.2, 0.25) is 0 Å². The average Bonchev–Trinajstić information content (AvgIpc) is 3.02. The Hall–Kier alpha value is -2.41. The first-order valence-electron chi connectivity index (χ1n) is 8.00. The first-order chi connectivity index (χ1) is 11.6. The molecule has 3 rings (SSSR count). The number of aromatic nitrogens is 2. The third-order valence-electron chi connectivity index (χ3n) is 4.45. The normalized spacial score (nSPS) is 23.7. The summed E-state index contributed by atoms with van der Waals surface area (Å²) in [5.41, 5.74) is 0.278. The molecule has 1 fully saturated rings. The monoisotopic (exact) mass is 331 g/mol. The second-order valence-electron chi connectivity index (χ2n) is 6.01. The first-order valence-corrected chi connectivity index (χ1v) is 8.00. The van der Waals surface area contributed by atoms with E-state index < -0.39 is 6.10 Å². The Kier molecular flexibility index (Phi) is 4.80. The summed E-state index contributed by atoms with van der Waals surface area (Å²) in [6, 6.07) is 3.26. The van der Waals surface area contributed by atoms with Crippen LogP contribution in [0.4, 0.5) is 0 Å². The fraction of sp³-hybridized carbons (Fsp3) is 0.471. The lowest BCUT2D eigenvalue weighted by Crippen LogP contribution is -2.53. The SMILES string of the molecule is Cc1ocnc1C(=O)N(C)[C@@H]1CCC[C@@H](Oc2cccnc2)[C@@H]1O. The molecule has 0 unspecified atom stereocenters. The Morgan fingerprint density at radius 2 is 2.29 bits per heavy atom. The molecule has 0 bridgehead atoms. The highest BCUT2D eigenvalue weighted by Gasteiger charge is 2.38. The molecule has 1 amide bonds. The molecule has 24 heavy (non-hydrogen) atoms. The second kappa shape index (κ2) is 7.00. The first kappa shape index (κ1) is 16.4. The molecule has 2 aromatic heterocycles. The third-order valence-corrected chi connectivity index (χ3v) is 4.45. The number of nitrogens with zero attached hydrogens (tertiary/aromatic N) is 3. The minimum absolute atomic E-state index is 0.257. The Balaban J connectivity index is 1.71. The van der Waals surface area contributed by atoms with Gasteiger partial charge in [-0.15, -0.1) is 0 Å². The lowest BCUT2D eigenvalue weighted by molar-refractivity contribution is -0.0415. The minimum atomic E-state index is -0.778. The Morgan fingerprint density at radius 1 is 1.46 bits per heavy atom. The van der Waals surface area contributed by atoms with Gasteiger partial charge in [0.05, 0.1) is 12.2 Å². The van der Waals surface area contributed by atoms with E-state index in [1.54, 1.807) is 38.5 Å². The average molecular weight is 331 g/mol. The predicted molar refractivity (Wildman–Crippen MR) is 85.6 cm³/mol. The van der Waals surface area contributed by atoms with E-state index in [1.165, 1.54) is 11.3 Å². The van der Waals surface area contributed by atoms with Crippen LogP contribution in [0.2, 0.25) is 0 Å². The molecule has 128 valence electrons. The number of aliphatic hydroxyl groups excluding tert-OH is 1. The van der Waals surface area contributed by atoms with Gasteiger partial charge < -0.3 is 19.2 Å². The lowest BCUT2D eigenvalue weighted by atomic mass is 9.88. The number of carbonyl (C=O) groups is 1. The second-order valence-corrected chi connectivity index (χ2v) is 6.01. The molecule has 0 saturated heterocycles. The van der Waals surface area contributed by atoms with Crippen molar-refractivity contribution in [3.8, 4) is 5.75 Å². The van der Waals surface area contributed by atoms with E-state index in [0.717, 1.165) is 12.8 Å². The van der Waals surface area contributed by atoms with Crippen LogP contribution < -0.4 is 4.74 Å². The van der Waals surface area contributed by atoms with E-state index in [1.807, 2.05) is 0 Å². The van der Waals surface area contributed by atoms with Crippen molar-refractivity contribution in [3.63, 3.8) is 0 Å². The highest BCUT2D eigenvalue weighted by atomic mass is 16.5. The number of ether oxygens (including phenoxy) is 1. The summed E-state index contributed by atoms with van der Waals surface area (Å²) in [6.45, 7) is 1.69. The number of oxazole rings is 1. The van der Waals surface area contributed by atoms with Gasteiger partial charge in [-0.1, -0.05) is 0 Å². The lowest BCUT2D eigenvalue weighted by Gasteiger charge is -2.39. The zero-order valence-electron chi connectivity index (χ0n) is 13.8. The summed E-state index contributed by atoms with van der Waals surface area (Å²) in [6.07, 6.45) is 5.69. The summed E-state index contributed by atoms with van der Waals surface area (Å²) in [5.74, 6) is 0.830. The van der Waals surface area contributed by atoms with Crippen molar-refractivity contribution < 1.29 is 19.1 Å². The number of pyridine rings is 1. The molecule has 1 aliphatic carbocycles. The van der Waals surface area contributed by atoms with E-state index in [0.29, 0.717) is 17.9 Å². The molecule has 0 radical (unpaired) electrons. The molecule has 7 nitrogen and oxygen atoms in total. The van der Waals surface area contributed by atoms with Crippen LogP contribution in [0.3, 0.4) is 0 Å². The maximum absolute atomic E-state index is 12.6. The van der Waals surface area contributed by atoms with Crippen LogP contribution >= 0.6 is 0 Å². The molecule has 2 aromatic rings. The van der Waals surface area contributed by atoms with Crippen molar-refractivity contribution in [1.29, 1.82) is 0 Å². The van der Waals surface area contributed by atoms with Gasteiger partial charge in [-0.25, -0.2) is 4.98 Å². The molecular formula is C17H21N3O4. The molecule has 0 aliphatic heterocycles. The molecule has 1 saturated carbocycles. The minimum Gasteiger partial charge on any atom is -0.486 e. The quantitative estimate of drug-likeness (QED) is 0.919. The fourth-order valence-corrected chi connectivity index (χ4v) is 3.09. The predicted octanol–water partition coefficient (Wildman–Crippen LogP) is 1.81. The number of likely N-dealkylation sites (N-methyl/N-ethyl adjacent to an activating group) is 1. The van der Waals surface area contributed by atoms with Crippen LogP contribution in [0, 0.1) is 6.92 Å². The topological polar surface area (TPSA) is 88.7 Å². The number of aliphatic hydroxyl groups is 1. The van der Waals surface area contributed by atoms with Gasteiger partial charge in [0.1, 0.15) is 23.7 Å². The third kappa shape index (κ3) is 3.26. The Morgan fingerprint density at radius 3 is 2.96 bits per heavy atom. The van der Waals surface area contributed by atoms with Crippen molar-refractivity contribution in [2.24, 2.45) is 0 Å². The van der Waals surface area contributed by atoms with Crippen LogP contribution in [0.5, 0.6) is 5.75 Å². The molecule has 1 N–H and O–H groups in total. The highest BCUT2D eigenvalue weighted by molar-refractivity contribution is 5.93. The van der Waals surface area contributed by atoms with E-state index in [4.69, 9.17) is 9.15 Å². The number of carbonyl (C=O) groups excluding carboxylic acids is 1. The molecular weight excluding hydrogens is 310 g/mol. The van der Waals surface area contributed by atoms with Crippen LogP contribution in [0.25, 0.3) is 0 Å². The van der Waals surface area contributed by atoms with E-state index in [9.17, 15) is 9.90 Å². The van der Waals surface area contributed by atoms with Gasteiger partial charge >= 0.3 is 0 Å². The molecule has 0 spiro atoms. The van der Waals surface area contributed by atoms with E-state index >= 15 is 0 Å². The Labute approximate surface area is 140 Å². The van der Waals surface area contributed by atoms with E-state index in [2.05, 4.69) is 9.97 Å². The van der Waals surface area contributed by atoms with Crippen molar-refractivity contribution in [3.05, 3.63) is 42.4 Å². The van der Waals surface area contributed by atoms with Crippen molar-refractivity contribution in [2.75, 3.05) is 7.05 Å². The summed E-state index contributed by atoms with van der Waals surface area (Å²) in [5, 5.41) is 10.7. The van der Waals surface area contributed by atoms with Gasteiger partial charge in [-0.3, -0.25) is 9.78 Å². The maximum atomic E-state index is 12.6. The number of rotatable bonds is 4. The van der Waals surface area contributed by atoms with Crippen molar-refractivity contribution >= 4 is 5.91 Å².